The number of hydrogen-bond donors (Lipinski definition) is 1. The first kappa shape index (κ1) is 11.6. The van der Waals surface area contributed by atoms with Gasteiger partial charge in [0.25, 0.3) is 5.89 Å². The summed E-state index contributed by atoms with van der Waals surface area (Å²) < 4.78 is 5.27. The first-order valence-corrected chi connectivity index (χ1v) is 5.89. The molecule has 17 heavy (non-hydrogen) atoms. The second kappa shape index (κ2) is 4.99. The standard InChI is InChI=1S/C13H17N3O/c1-3-4-5-12-15-13(17-16-12)11-7-6-10(14)8-9(11)2/h6-8H,3-5,14H2,1-2H3. The highest BCUT2D eigenvalue weighted by atomic mass is 16.5. The van der Waals surface area contributed by atoms with E-state index in [1.807, 2.05) is 25.1 Å². The van der Waals surface area contributed by atoms with Crippen molar-refractivity contribution in [3.63, 3.8) is 0 Å². The lowest BCUT2D eigenvalue weighted by atomic mass is 10.1. The summed E-state index contributed by atoms with van der Waals surface area (Å²) in [5.41, 5.74) is 8.46. The second-order valence-electron chi connectivity index (χ2n) is 4.19. The molecule has 0 unspecified atom stereocenters. The van der Waals surface area contributed by atoms with Gasteiger partial charge in [0, 0.05) is 17.7 Å². The van der Waals surface area contributed by atoms with Crippen LogP contribution in [0, 0.1) is 6.92 Å². The smallest absolute Gasteiger partial charge is 0.258 e. The van der Waals surface area contributed by atoms with Crippen molar-refractivity contribution in [2.75, 3.05) is 5.73 Å². The van der Waals surface area contributed by atoms with Crippen molar-refractivity contribution in [1.82, 2.24) is 10.1 Å². The van der Waals surface area contributed by atoms with Crippen molar-refractivity contribution in [3.05, 3.63) is 29.6 Å². The van der Waals surface area contributed by atoms with Gasteiger partial charge >= 0.3 is 0 Å². The van der Waals surface area contributed by atoms with Crippen molar-refractivity contribution < 1.29 is 4.52 Å². The molecule has 0 fully saturated rings. The quantitative estimate of drug-likeness (QED) is 0.821. The van der Waals surface area contributed by atoms with E-state index < -0.39 is 0 Å². The second-order valence-corrected chi connectivity index (χ2v) is 4.19. The molecule has 0 aliphatic rings. The van der Waals surface area contributed by atoms with Crippen molar-refractivity contribution >= 4 is 5.69 Å². The SMILES string of the molecule is CCCCc1noc(-c2ccc(N)cc2C)n1. The molecule has 0 spiro atoms. The van der Waals surface area contributed by atoms with E-state index in [-0.39, 0.29) is 0 Å². The van der Waals surface area contributed by atoms with Crippen LogP contribution < -0.4 is 5.73 Å². The fraction of sp³-hybridized carbons (Fsp3) is 0.385. The summed E-state index contributed by atoms with van der Waals surface area (Å²) in [6.45, 7) is 4.13. The van der Waals surface area contributed by atoms with Gasteiger partial charge in [-0.3, -0.25) is 0 Å². The minimum absolute atomic E-state index is 0.577. The molecule has 1 aromatic carbocycles. The molecule has 0 saturated heterocycles. The van der Waals surface area contributed by atoms with Gasteiger partial charge in [-0.1, -0.05) is 18.5 Å². The molecule has 0 saturated carbocycles. The van der Waals surface area contributed by atoms with Crippen molar-refractivity contribution in [2.24, 2.45) is 0 Å². The molecule has 0 aliphatic carbocycles. The van der Waals surface area contributed by atoms with Crippen LogP contribution >= 0.6 is 0 Å². The zero-order valence-electron chi connectivity index (χ0n) is 10.2. The fourth-order valence-electron chi connectivity index (χ4n) is 1.73. The van der Waals surface area contributed by atoms with Crippen LogP contribution in [0.1, 0.15) is 31.2 Å². The van der Waals surface area contributed by atoms with E-state index in [0.717, 1.165) is 41.9 Å². The summed E-state index contributed by atoms with van der Waals surface area (Å²) in [5.74, 6) is 1.35. The van der Waals surface area contributed by atoms with Crippen LogP contribution in [-0.4, -0.2) is 10.1 Å². The maximum atomic E-state index is 5.71. The van der Waals surface area contributed by atoms with Crippen LogP contribution in [0.3, 0.4) is 0 Å². The number of anilines is 1. The first-order valence-electron chi connectivity index (χ1n) is 5.89. The molecule has 1 aromatic heterocycles. The Morgan fingerprint density at radius 2 is 2.18 bits per heavy atom. The molecule has 0 aliphatic heterocycles. The molecule has 4 heteroatoms. The summed E-state index contributed by atoms with van der Waals surface area (Å²) >= 11 is 0. The summed E-state index contributed by atoms with van der Waals surface area (Å²) in [7, 11) is 0. The number of benzene rings is 1. The van der Waals surface area contributed by atoms with Crippen molar-refractivity contribution in [3.8, 4) is 11.5 Å². The molecule has 2 rings (SSSR count). The van der Waals surface area contributed by atoms with Crippen LogP contribution in [0.2, 0.25) is 0 Å². The Kier molecular flexibility index (Phi) is 3.42. The topological polar surface area (TPSA) is 64.9 Å². The van der Waals surface area contributed by atoms with Gasteiger partial charge in [0.15, 0.2) is 5.82 Å². The number of nitrogens with zero attached hydrogens (tertiary/aromatic N) is 2. The molecule has 2 aromatic rings. The van der Waals surface area contributed by atoms with Crippen LogP contribution in [0.5, 0.6) is 0 Å². The molecule has 0 bridgehead atoms. The van der Waals surface area contributed by atoms with Gasteiger partial charge in [-0.15, -0.1) is 0 Å². The summed E-state index contributed by atoms with van der Waals surface area (Å²) in [4.78, 5) is 4.39. The van der Waals surface area contributed by atoms with Crippen LogP contribution in [-0.2, 0) is 6.42 Å². The first-order chi connectivity index (χ1) is 8.20. The molecule has 0 amide bonds. The number of rotatable bonds is 4. The van der Waals surface area contributed by atoms with Gasteiger partial charge in [0.1, 0.15) is 0 Å². The van der Waals surface area contributed by atoms with Crippen molar-refractivity contribution in [2.45, 2.75) is 33.1 Å². The van der Waals surface area contributed by atoms with E-state index in [1.54, 1.807) is 0 Å². The maximum absolute atomic E-state index is 5.71. The number of aryl methyl sites for hydroxylation is 2. The highest BCUT2D eigenvalue weighted by molar-refractivity contribution is 5.62. The third-order valence-electron chi connectivity index (χ3n) is 2.70. The summed E-state index contributed by atoms with van der Waals surface area (Å²) in [6.07, 6.45) is 3.08. The zero-order valence-corrected chi connectivity index (χ0v) is 10.2. The van der Waals surface area contributed by atoms with Crippen LogP contribution in [0.4, 0.5) is 5.69 Å². The predicted octanol–water partition coefficient (Wildman–Crippen LogP) is 2.97. The van der Waals surface area contributed by atoms with Crippen molar-refractivity contribution in [1.29, 1.82) is 0 Å². The normalized spacial score (nSPS) is 10.7. The minimum atomic E-state index is 0.577. The van der Waals surface area contributed by atoms with E-state index in [4.69, 9.17) is 10.3 Å². The summed E-state index contributed by atoms with van der Waals surface area (Å²) in [5, 5.41) is 3.98. The lowest BCUT2D eigenvalue weighted by molar-refractivity contribution is 0.421. The third kappa shape index (κ3) is 2.64. The Bertz CT molecular complexity index is 505. The Labute approximate surface area is 101 Å². The van der Waals surface area contributed by atoms with Gasteiger partial charge < -0.3 is 10.3 Å². The lowest BCUT2D eigenvalue weighted by Gasteiger charge is -2.01. The Morgan fingerprint density at radius 1 is 1.35 bits per heavy atom. The highest BCUT2D eigenvalue weighted by Gasteiger charge is 2.10. The molecular formula is C13H17N3O. The highest BCUT2D eigenvalue weighted by Crippen LogP contribution is 2.23. The predicted molar refractivity (Wildman–Crippen MR) is 67.5 cm³/mol. The molecular weight excluding hydrogens is 214 g/mol. The third-order valence-corrected chi connectivity index (χ3v) is 2.70. The molecule has 2 N–H and O–H groups in total. The average molecular weight is 231 g/mol. The molecule has 90 valence electrons. The Morgan fingerprint density at radius 3 is 2.88 bits per heavy atom. The Hall–Kier alpha value is -1.84. The number of aromatic nitrogens is 2. The number of unbranched alkanes of at least 4 members (excludes halogenated alkanes) is 1. The lowest BCUT2D eigenvalue weighted by Crippen LogP contribution is -1.90. The number of nitrogen functional groups attached to an aromatic ring is 1. The van der Waals surface area contributed by atoms with Crippen LogP contribution in [0.25, 0.3) is 11.5 Å². The molecule has 1 heterocycles. The van der Waals surface area contributed by atoms with Gasteiger partial charge in [0.05, 0.1) is 0 Å². The Balaban J connectivity index is 2.24. The van der Waals surface area contributed by atoms with E-state index in [2.05, 4.69) is 17.1 Å². The van der Waals surface area contributed by atoms with E-state index in [1.165, 1.54) is 0 Å². The summed E-state index contributed by atoms with van der Waals surface area (Å²) in [6, 6.07) is 5.67. The number of nitrogens with two attached hydrogens (primary N) is 1. The minimum Gasteiger partial charge on any atom is -0.399 e. The van der Waals surface area contributed by atoms with E-state index >= 15 is 0 Å². The van der Waals surface area contributed by atoms with Gasteiger partial charge in [-0.25, -0.2) is 0 Å². The van der Waals surface area contributed by atoms with Gasteiger partial charge in [-0.05, 0) is 37.1 Å². The number of hydrogen-bond acceptors (Lipinski definition) is 4. The maximum Gasteiger partial charge on any atom is 0.258 e. The fourth-order valence-corrected chi connectivity index (χ4v) is 1.73. The zero-order chi connectivity index (χ0) is 12.3. The van der Waals surface area contributed by atoms with Crippen LogP contribution in [0.15, 0.2) is 22.7 Å². The molecule has 4 nitrogen and oxygen atoms in total. The molecule has 0 radical (unpaired) electrons. The largest absolute Gasteiger partial charge is 0.399 e. The van der Waals surface area contributed by atoms with E-state index in [9.17, 15) is 0 Å². The van der Waals surface area contributed by atoms with Gasteiger partial charge in [0.2, 0.25) is 0 Å². The monoisotopic (exact) mass is 231 g/mol. The van der Waals surface area contributed by atoms with E-state index in [0.29, 0.717) is 5.89 Å². The molecule has 0 atom stereocenters. The van der Waals surface area contributed by atoms with Gasteiger partial charge in [-0.2, -0.15) is 4.98 Å². The average Bonchev–Trinajstić information content (AvgIpc) is 2.75.